The van der Waals surface area contributed by atoms with Gasteiger partial charge in [0.05, 0.1) is 45.2 Å². The minimum atomic E-state index is -1.26. The van der Waals surface area contributed by atoms with E-state index in [1.807, 2.05) is 116 Å². The Labute approximate surface area is 283 Å². The zero-order valence-corrected chi connectivity index (χ0v) is 27.4. The van der Waals surface area contributed by atoms with Gasteiger partial charge in [0.2, 0.25) is 0 Å². The lowest BCUT2D eigenvalue weighted by atomic mass is 9.98. The average molecular weight is 655 g/mol. The van der Waals surface area contributed by atoms with Gasteiger partial charge in [0.1, 0.15) is 24.4 Å². The van der Waals surface area contributed by atoms with Crippen molar-refractivity contribution in [3.63, 3.8) is 0 Å². The fraction of sp³-hybridized carbons (Fsp3) is 0.400. The van der Waals surface area contributed by atoms with Crippen molar-refractivity contribution < 1.29 is 38.3 Å². The molecule has 0 aromatic heterocycles. The molecule has 0 radical (unpaired) electrons. The van der Waals surface area contributed by atoms with Gasteiger partial charge >= 0.3 is 0 Å². The predicted molar refractivity (Wildman–Crippen MR) is 180 cm³/mol. The van der Waals surface area contributed by atoms with Gasteiger partial charge in [-0.25, -0.2) is 0 Å². The van der Waals surface area contributed by atoms with Crippen LogP contribution in [0.1, 0.15) is 42.0 Å². The highest BCUT2D eigenvalue weighted by molar-refractivity contribution is 5.16. The average Bonchev–Trinajstić information content (AvgIpc) is 3.13. The Morgan fingerprint density at radius 3 is 1.44 bits per heavy atom. The van der Waals surface area contributed by atoms with Crippen molar-refractivity contribution in [1.29, 1.82) is 0 Å². The predicted octanol–water partition coefficient (Wildman–Crippen LogP) is 6.59. The van der Waals surface area contributed by atoms with Gasteiger partial charge in [-0.15, -0.1) is 0 Å². The molecule has 1 N–H and O–H groups in total. The molecule has 0 amide bonds. The number of ether oxygens (including phenoxy) is 7. The normalized spacial score (nSPS) is 27.5. The molecular weight excluding hydrogens is 608 g/mol. The molecule has 0 spiro atoms. The Balaban J connectivity index is 1.14. The lowest BCUT2D eigenvalue weighted by molar-refractivity contribution is -0.325. The van der Waals surface area contributed by atoms with Gasteiger partial charge in [0.25, 0.3) is 0 Å². The van der Waals surface area contributed by atoms with Gasteiger partial charge in [-0.1, -0.05) is 121 Å². The van der Waals surface area contributed by atoms with E-state index >= 15 is 0 Å². The number of hydrogen-bond donors (Lipinski definition) is 1. The van der Waals surface area contributed by atoms with Crippen molar-refractivity contribution in [2.24, 2.45) is 0 Å². The third-order valence-electron chi connectivity index (χ3n) is 8.80. The van der Waals surface area contributed by atoms with Crippen LogP contribution in [0.4, 0.5) is 0 Å². The summed E-state index contributed by atoms with van der Waals surface area (Å²) in [6.07, 6.45) is -3.12. The molecular formula is C40H46O8. The summed E-state index contributed by atoms with van der Waals surface area (Å²) in [5.74, 6) is 0. The van der Waals surface area contributed by atoms with Crippen LogP contribution >= 0.6 is 0 Å². The first-order valence-corrected chi connectivity index (χ1v) is 16.8. The van der Waals surface area contributed by atoms with E-state index in [1.54, 1.807) is 0 Å². The Bertz CT molecular complexity index is 1460. The van der Waals surface area contributed by atoms with Gasteiger partial charge in [-0.3, -0.25) is 0 Å². The number of rotatable bonds is 15. The van der Waals surface area contributed by atoms with E-state index in [2.05, 4.69) is 12.1 Å². The van der Waals surface area contributed by atoms with Crippen LogP contribution < -0.4 is 0 Å². The SMILES string of the molecule is C[C@@H]1O[C@@H](OC[C@H]2O[C@H](O)[C@H](OCc3ccccc3)[C@@H](OCc3ccccc3)[C@@H]2OCc2ccccc2)CC[C@H]1OCc1ccccc1. The molecule has 2 aliphatic heterocycles. The number of aliphatic hydroxyl groups is 1. The highest BCUT2D eigenvalue weighted by atomic mass is 16.7. The molecule has 0 aliphatic carbocycles. The van der Waals surface area contributed by atoms with E-state index in [1.165, 1.54) is 0 Å². The van der Waals surface area contributed by atoms with Crippen molar-refractivity contribution >= 4 is 0 Å². The molecule has 0 unspecified atom stereocenters. The summed E-state index contributed by atoms with van der Waals surface area (Å²) in [5, 5.41) is 11.4. The third-order valence-corrected chi connectivity index (χ3v) is 8.80. The molecule has 2 saturated heterocycles. The smallest absolute Gasteiger partial charge is 0.184 e. The van der Waals surface area contributed by atoms with Crippen LogP contribution in [0.25, 0.3) is 0 Å². The van der Waals surface area contributed by atoms with E-state index in [4.69, 9.17) is 33.2 Å². The lowest BCUT2D eigenvalue weighted by Gasteiger charge is -2.45. The molecule has 0 saturated carbocycles. The summed E-state index contributed by atoms with van der Waals surface area (Å²) in [4.78, 5) is 0. The van der Waals surface area contributed by atoms with Crippen LogP contribution in [-0.4, -0.2) is 60.9 Å². The van der Waals surface area contributed by atoms with Crippen molar-refractivity contribution in [3.05, 3.63) is 144 Å². The van der Waals surface area contributed by atoms with E-state index in [0.29, 0.717) is 26.2 Å². The zero-order valence-electron chi connectivity index (χ0n) is 27.4. The fourth-order valence-electron chi connectivity index (χ4n) is 6.15. The quantitative estimate of drug-likeness (QED) is 0.154. The third kappa shape index (κ3) is 9.81. The topological polar surface area (TPSA) is 84.8 Å². The summed E-state index contributed by atoms with van der Waals surface area (Å²) >= 11 is 0. The summed E-state index contributed by atoms with van der Waals surface area (Å²) < 4.78 is 44.4. The van der Waals surface area contributed by atoms with Crippen LogP contribution in [0.15, 0.2) is 121 Å². The summed E-state index contributed by atoms with van der Waals surface area (Å²) in [6.45, 7) is 3.62. The van der Waals surface area contributed by atoms with Crippen LogP contribution in [0.3, 0.4) is 0 Å². The lowest BCUT2D eigenvalue weighted by Crippen LogP contribution is -2.61. The Kier molecular flexibility index (Phi) is 12.8. The summed E-state index contributed by atoms with van der Waals surface area (Å²) in [7, 11) is 0. The maximum absolute atomic E-state index is 11.4. The highest BCUT2D eigenvalue weighted by Gasteiger charge is 2.48. The first-order chi connectivity index (χ1) is 23.6. The molecule has 4 aromatic rings. The van der Waals surface area contributed by atoms with E-state index in [-0.39, 0.29) is 25.4 Å². The molecule has 254 valence electrons. The second kappa shape index (κ2) is 17.8. The summed E-state index contributed by atoms with van der Waals surface area (Å²) in [5.41, 5.74) is 4.13. The maximum atomic E-state index is 11.4. The largest absolute Gasteiger partial charge is 0.371 e. The molecule has 0 bridgehead atoms. The van der Waals surface area contributed by atoms with E-state index in [9.17, 15) is 5.11 Å². The van der Waals surface area contributed by atoms with Crippen molar-refractivity contribution in [2.75, 3.05) is 6.61 Å². The number of hydrogen-bond acceptors (Lipinski definition) is 8. The molecule has 2 heterocycles. The molecule has 6 rings (SSSR count). The molecule has 2 fully saturated rings. The van der Waals surface area contributed by atoms with Crippen LogP contribution in [0, 0.1) is 0 Å². The van der Waals surface area contributed by atoms with Crippen LogP contribution in [-0.2, 0) is 59.6 Å². The number of benzene rings is 4. The van der Waals surface area contributed by atoms with Crippen molar-refractivity contribution in [2.45, 2.75) is 95.4 Å². The Morgan fingerprint density at radius 1 is 0.521 bits per heavy atom. The van der Waals surface area contributed by atoms with Gasteiger partial charge in [0, 0.05) is 6.42 Å². The molecule has 4 aromatic carbocycles. The van der Waals surface area contributed by atoms with Crippen LogP contribution in [0.5, 0.6) is 0 Å². The minimum Gasteiger partial charge on any atom is -0.371 e. The van der Waals surface area contributed by atoms with Gasteiger partial charge in [0.15, 0.2) is 12.6 Å². The summed E-state index contributed by atoms with van der Waals surface area (Å²) in [6, 6.07) is 39.9. The first kappa shape index (κ1) is 34.4. The Hall–Kier alpha value is -3.44. The van der Waals surface area contributed by atoms with Crippen LogP contribution in [0.2, 0.25) is 0 Å². The zero-order chi connectivity index (χ0) is 33.0. The standard InChI is InChI=1S/C40H46O8/c1-29-34(42-24-30-14-6-2-7-15-30)22-23-36(47-29)43-28-35-37(44-25-31-16-8-3-9-17-31)38(45-26-32-18-10-4-11-19-32)39(40(41)48-35)46-27-33-20-12-5-13-21-33/h2-21,29,34-41H,22-28H2,1H3/t29-,34+,35+,36+,37+,38-,39+,40-/m0/s1. The monoisotopic (exact) mass is 654 g/mol. The van der Waals surface area contributed by atoms with Gasteiger partial charge in [-0.2, -0.15) is 0 Å². The van der Waals surface area contributed by atoms with Gasteiger partial charge in [-0.05, 0) is 35.6 Å². The van der Waals surface area contributed by atoms with E-state index < -0.39 is 37.0 Å². The molecule has 8 nitrogen and oxygen atoms in total. The fourth-order valence-corrected chi connectivity index (χ4v) is 6.15. The van der Waals surface area contributed by atoms with Crippen molar-refractivity contribution in [1.82, 2.24) is 0 Å². The maximum Gasteiger partial charge on any atom is 0.184 e. The van der Waals surface area contributed by atoms with E-state index in [0.717, 1.165) is 28.7 Å². The second-order valence-electron chi connectivity index (χ2n) is 12.4. The first-order valence-electron chi connectivity index (χ1n) is 16.8. The molecule has 8 heteroatoms. The van der Waals surface area contributed by atoms with Crippen molar-refractivity contribution in [3.8, 4) is 0 Å². The number of aliphatic hydroxyl groups excluding tert-OH is 1. The Morgan fingerprint density at radius 2 is 0.958 bits per heavy atom. The molecule has 2 aliphatic rings. The molecule has 48 heavy (non-hydrogen) atoms. The molecule has 8 atom stereocenters. The van der Waals surface area contributed by atoms with Gasteiger partial charge < -0.3 is 38.3 Å². The minimum absolute atomic E-state index is 0.0296. The second-order valence-corrected chi connectivity index (χ2v) is 12.4. The highest BCUT2D eigenvalue weighted by Crippen LogP contribution is 2.31.